The van der Waals surface area contributed by atoms with E-state index in [-0.39, 0.29) is 13.1 Å². The molecule has 2 aliphatic heterocycles. The van der Waals surface area contributed by atoms with Gasteiger partial charge in [0.15, 0.2) is 0 Å². The van der Waals surface area contributed by atoms with E-state index in [0.717, 1.165) is 45.8 Å². The second kappa shape index (κ2) is 7.55. The molecular weight excluding hydrogens is 240 g/mol. The lowest BCUT2D eigenvalue weighted by atomic mass is 9.93. The zero-order chi connectivity index (χ0) is 13.0. The van der Waals surface area contributed by atoms with Crippen molar-refractivity contribution in [2.24, 2.45) is 5.92 Å². The van der Waals surface area contributed by atoms with Crippen LogP contribution in [0.25, 0.3) is 0 Å². The van der Waals surface area contributed by atoms with Crippen LogP contribution in [0.5, 0.6) is 0 Å². The lowest BCUT2D eigenvalue weighted by Gasteiger charge is -2.50. The first-order valence-electron chi connectivity index (χ1n) is 7.16. The van der Waals surface area contributed by atoms with Crippen LogP contribution in [0.2, 0.25) is 0 Å². The van der Waals surface area contributed by atoms with E-state index in [1.165, 1.54) is 6.42 Å². The molecule has 0 aromatic rings. The minimum absolute atomic E-state index is 0. The molecule has 19 heavy (non-hydrogen) atoms. The standard InChI is InChI=1S/C13H28N4O.CH4/c1-12(2)10-13(11-14-4-5-15-13)16-6-8-17(18-3)9-7-16;/h12,14-15H,4-11H2,1-3H3;1H4. The van der Waals surface area contributed by atoms with Crippen LogP contribution in [-0.4, -0.2) is 68.5 Å². The van der Waals surface area contributed by atoms with E-state index >= 15 is 0 Å². The molecule has 0 bridgehead atoms. The molecule has 0 radical (unpaired) electrons. The normalized spacial score (nSPS) is 30.3. The Kier molecular flexibility index (Phi) is 6.69. The summed E-state index contributed by atoms with van der Waals surface area (Å²) < 4.78 is 0. The van der Waals surface area contributed by atoms with E-state index in [2.05, 4.69) is 34.4 Å². The summed E-state index contributed by atoms with van der Waals surface area (Å²) in [5.41, 5.74) is 0.145. The number of piperazine rings is 2. The number of nitrogens with zero attached hydrogens (tertiary/aromatic N) is 2. The van der Waals surface area contributed by atoms with Gasteiger partial charge in [0, 0.05) is 45.8 Å². The molecule has 0 aliphatic carbocycles. The van der Waals surface area contributed by atoms with Crippen LogP contribution in [0, 0.1) is 5.92 Å². The van der Waals surface area contributed by atoms with Gasteiger partial charge in [0.05, 0.1) is 12.8 Å². The first kappa shape index (κ1) is 16.9. The zero-order valence-corrected chi connectivity index (χ0v) is 12.0. The average molecular weight is 272 g/mol. The van der Waals surface area contributed by atoms with E-state index in [1.54, 1.807) is 7.11 Å². The summed E-state index contributed by atoms with van der Waals surface area (Å²) in [4.78, 5) is 7.92. The van der Waals surface area contributed by atoms with Crippen LogP contribution in [-0.2, 0) is 4.84 Å². The SMILES string of the molecule is C.CON1CCN(C2(CC(C)C)CNCCN2)CC1. The Morgan fingerprint density at radius 3 is 2.32 bits per heavy atom. The van der Waals surface area contributed by atoms with Crippen molar-refractivity contribution in [2.75, 3.05) is 52.9 Å². The lowest BCUT2D eigenvalue weighted by Crippen LogP contribution is -2.71. The number of nitrogens with one attached hydrogen (secondary N) is 2. The lowest BCUT2D eigenvalue weighted by molar-refractivity contribution is -0.165. The van der Waals surface area contributed by atoms with Gasteiger partial charge in [0.2, 0.25) is 0 Å². The number of hydrogen-bond acceptors (Lipinski definition) is 5. The highest BCUT2D eigenvalue weighted by molar-refractivity contribution is 4.95. The quantitative estimate of drug-likeness (QED) is 0.790. The molecule has 2 saturated heterocycles. The summed E-state index contributed by atoms with van der Waals surface area (Å²) in [5, 5.41) is 9.38. The minimum atomic E-state index is 0. The van der Waals surface area contributed by atoms with Gasteiger partial charge in [0.25, 0.3) is 0 Å². The van der Waals surface area contributed by atoms with Crippen molar-refractivity contribution in [3.8, 4) is 0 Å². The molecule has 2 fully saturated rings. The molecule has 114 valence electrons. The van der Waals surface area contributed by atoms with Crippen LogP contribution in [0.15, 0.2) is 0 Å². The third kappa shape index (κ3) is 4.13. The number of hydrogen-bond donors (Lipinski definition) is 2. The predicted molar refractivity (Wildman–Crippen MR) is 79.9 cm³/mol. The summed E-state index contributed by atoms with van der Waals surface area (Å²) in [5.74, 6) is 0.706. The molecule has 1 atom stereocenters. The maximum absolute atomic E-state index is 5.31. The van der Waals surface area contributed by atoms with Crippen LogP contribution in [0.3, 0.4) is 0 Å². The topological polar surface area (TPSA) is 39.8 Å². The highest BCUT2D eigenvalue weighted by Gasteiger charge is 2.39. The Hall–Kier alpha value is -0.200. The highest BCUT2D eigenvalue weighted by Crippen LogP contribution is 2.24. The largest absolute Gasteiger partial charge is 0.312 e. The fraction of sp³-hybridized carbons (Fsp3) is 1.00. The van der Waals surface area contributed by atoms with E-state index in [4.69, 9.17) is 4.84 Å². The highest BCUT2D eigenvalue weighted by atomic mass is 16.7. The van der Waals surface area contributed by atoms with Crippen LogP contribution in [0.1, 0.15) is 27.7 Å². The molecule has 0 saturated carbocycles. The number of hydroxylamine groups is 2. The third-order valence-electron chi connectivity index (χ3n) is 4.02. The van der Waals surface area contributed by atoms with Crippen molar-refractivity contribution in [3.63, 3.8) is 0 Å². The molecule has 0 aromatic heterocycles. The van der Waals surface area contributed by atoms with Crippen molar-refractivity contribution in [1.82, 2.24) is 20.6 Å². The Balaban J connectivity index is 0.00000180. The molecule has 0 aromatic carbocycles. The smallest absolute Gasteiger partial charge is 0.0844 e. The molecule has 0 amide bonds. The molecule has 1 unspecified atom stereocenters. The Morgan fingerprint density at radius 1 is 1.16 bits per heavy atom. The molecule has 2 rings (SSSR count). The van der Waals surface area contributed by atoms with Gasteiger partial charge in [0.1, 0.15) is 0 Å². The van der Waals surface area contributed by atoms with Gasteiger partial charge in [-0.1, -0.05) is 21.3 Å². The van der Waals surface area contributed by atoms with Crippen LogP contribution >= 0.6 is 0 Å². The fourth-order valence-corrected chi connectivity index (χ4v) is 3.21. The zero-order valence-electron chi connectivity index (χ0n) is 12.0. The second-order valence-corrected chi connectivity index (χ2v) is 5.83. The molecule has 2 aliphatic rings. The fourth-order valence-electron chi connectivity index (χ4n) is 3.21. The van der Waals surface area contributed by atoms with E-state index in [0.29, 0.717) is 5.92 Å². The Morgan fingerprint density at radius 2 is 1.84 bits per heavy atom. The monoisotopic (exact) mass is 272 g/mol. The summed E-state index contributed by atoms with van der Waals surface area (Å²) >= 11 is 0. The van der Waals surface area contributed by atoms with Crippen molar-refractivity contribution in [3.05, 3.63) is 0 Å². The van der Waals surface area contributed by atoms with Gasteiger partial charge in [-0.2, -0.15) is 5.06 Å². The molecular formula is C14H32N4O. The summed E-state index contributed by atoms with van der Waals surface area (Å²) in [6.45, 7) is 12.0. The molecule has 0 spiro atoms. The maximum atomic E-state index is 5.31. The van der Waals surface area contributed by atoms with Crippen molar-refractivity contribution in [2.45, 2.75) is 33.4 Å². The van der Waals surface area contributed by atoms with Gasteiger partial charge >= 0.3 is 0 Å². The van der Waals surface area contributed by atoms with Crippen molar-refractivity contribution in [1.29, 1.82) is 0 Å². The average Bonchev–Trinajstić information content (AvgIpc) is 2.39. The third-order valence-corrected chi connectivity index (χ3v) is 4.02. The summed E-state index contributed by atoms with van der Waals surface area (Å²) in [7, 11) is 1.76. The second-order valence-electron chi connectivity index (χ2n) is 5.83. The van der Waals surface area contributed by atoms with Crippen LogP contribution in [0.4, 0.5) is 0 Å². The number of rotatable bonds is 4. The first-order valence-corrected chi connectivity index (χ1v) is 7.16. The Bertz CT molecular complexity index is 246. The molecule has 5 heteroatoms. The van der Waals surface area contributed by atoms with Crippen LogP contribution < -0.4 is 10.6 Å². The maximum Gasteiger partial charge on any atom is 0.0844 e. The van der Waals surface area contributed by atoms with Crippen molar-refractivity contribution < 1.29 is 4.84 Å². The minimum Gasteiger partial charge on any atom is -0.312 e. The van der Waals surface area contributed by atoms with Crippen molar-refractivity contribution >= 4 is 0 Å². The molecule has 2 N–H and O–H groups in total. The molecule has 5 nitrogen and oxygen atoms in total. The van der Waals surface area contributed by atoms with Gasteiger partial charge in [-0.3, -0.25) is 10.2 Å². The van der Waals surface area contributed by atoms with E-state index < -0.39 is 0 Å². The van der Waals surface area contributed by atoms with Gasteiger partial charge in [-0.15, -0.1) is 0 Å². The predicted octanol–water partition coefficient (Wildman–Crippen LogP) is 0.737. The summed E-state index contributed by atoms with van der Waals surface area (Å²) in [6, 6.07) is 0. The van der Waals surface area contributed by atoms with Gasteiger partial charge in [-0.25, -0.2) is 0 Å². The summed E-state index contributed by atoms with van der Waals surface area (Å²) in [6.07, 6.45) is 1.20. The van der Waals surface area contributed by atoms with E-state index in [9.17, 15) is 0 Å². The van der Waals surface area contributed by atoms with E-state index in [1.807, 2.05) is 0 Å². The first-order chi connectivity index (χ1) is 8.66. The van der Waals surface area contributed by atoms with Gasteiger partial charge < -0.3 is 10.2 Å². The molecule has 2 heterocycles. The van der Waals surface area contributed by atoms with Gasteiger partial charge in [-0.05, 0) is 12.3 Å². The Labute approximate surface area is 118 Å².